The molecule has 0 unspecified atom stereocenters. The largest absolute Gasteiger partial charge is 0.497 e. The first kappa shape index (κ1) is 15.8. The van der Waals surface area contributed by atoms with Crippen molar-refractivity contribution in [3.8, 4) is 0 Å². The van der Waals surface area contributed by atoms with E-state index in [0.29, 0.717) is 18.7 Å². The van der Waals surface area contributed by atoms with Crippen molar-refractivity contribution in [1.29, 1.82) is 0 Å². The first-order valence-electron chi connectivity index (χ1n) is 7.78. The van der Waals surface area contributed by atoms with Crippen molar-refractivity contribution in [2.45, 2.75) is 38.9 Å². The van der Waals surface area contributed by atoms with Crippen LogP contribution in [0.3, 0.4) is 0 Å². The number of ether oxygens (including phenoxy) is 1. The summed E-state index contributed by atoms with van der Waals surface area (Å²) in [7, 11) is -0.675. The van der Waals surface area contributed by atoms with E-state index in [4.69, 9.17) is 14.0 Å². The lowest BCUT2D eigenvalue weighted by atomic mass is 9.78. The average Bonchev–Trinajstić information content (AvgIpc) is 2.69. The molecular weight excluding hydrogens is 284 g/mol. The molecule has 2 aliphatic rings. The van der Waals surface area contributed by atoms with Gasteiger partial charge >= 0.3 is 7.12 Å². The molecule has 4 nitrogen and oxygen atoms in total. The molecule has 2 heterocycles. The van der Waals surface area contributed by atoms with Crippen molar-refractivity contribution >= 4 is 18.3 Å². The van der Waals surface area contributed by atoms with Crippen LogP contribution in [-0.4, -0.2) is 44.6 Å². The lowest BCUT2D eigenvalue weighted by Gasteiger charge is -2.32. The summed E-state index contributed by atoms with van der Waals surface area (Å²) in [5.41, 5.74) is 0.495. The Balaban J connectivity index is 1.88. The Hall–Kier alpha value is -1.11. The molecular formula is C16H23BFNO3. The summed E-state index contributed by atoms with van der Waals surface area (Å²) < 4.78 is 31.6. The first-order valence-corrected chi connectivity index (χ1v) is 7.78. The summed E-state index contributed by atoms with van der Waals surface area (Å²) in [4.78, 5) is 2.19. The second-order valence-corrected chi connectivity index (χ2v) is 6.89. The smallest absolute Gasteiger partial charge is 0.399 e. The summed E-state index contributed by atoms with van der Waals surface area (Å²) in [6.45, 7) is 10.9. The van der Waals surface area contributed by atoms with Crippen LogP contribution in [0.4, 0.5) is 10.1 Å². The number of hydrogen-bond acceptors (Lipinski definition) is 4. The van der Waals surface area contributed by atoms with E-state index in [-0.39, 0.29) is 5.82 Å². The molecule has 3 rings (SSSR count). The fourth-order valence-electron chi connectivity index (χ4n) is 2.70. The summed E-state index contributed by atoms with van der Waals surface area (Å²) in [6, 6.07) is 5.13. The Morgan fingerprint density at radius 3 is 2.23 bits per heavy atom. The van der Waals surface area contributed by atoms with Crippen molar-refractivity contribution < 1.29 is 18.4 Å². The predicted octanol–water partition coefficient (Wildman–Crippen LogP) is 1.96. The topological polar surface area (TPSA) is 30.9 Å². The Morgan fingerprint density at radius 1 is 1.05 bits per heavy atom. The van der Waals surface area contributed by atoms with E-state index in [1.165, 1.54) is 6.07 Å². The van der Waals surface area contributed by atoms with Crippen molar-refractivity contribution in [3.63, 3.8) is 0 Å². The number of rotatable bonds is 2. The highest BCUT2D eigenvalue weighted by Gasteiger charge is 2.52. The lowest BCUT2D eigenvalue weighted by molar-refractivity contribution is 0.00578. The van der Waals surface area contributed by atoms with Crippen molar-refractivity contribution in [3.05, 3.63) is 24.0 Å². The van der Waals surface area contributed by atoms with Gasteiger partial charge in [0.25, 0.3) is 0 Å². The van der Waals surface area contributed by atoms with Crippen molar-refractivity contribution in [2.75, 3.05) is 31.2 Å². The molecule has 2 aliphatic heterocycles. The monoisotopic (exact) mass is 307 g/mol. The summed E-state index contributed by atoms with van der Waals surface area (Å²) in [6.07, 6.45) is 0. The number of hydrogen-bond donors (Lipinski definition) is 0. The number of nitrogens with zero attached hydrogens (tertiary/aromatic N) is 1. The number of morpholine rings is 1. The molecule has 6 heteroatoms. The molecule has 1 aromatic carbocycles. The highest BCUT2D eigenvalue weighted by molar-refractivity contribution is 6.62. The molecule has 0 aromatic heterocycles. The Labute approximate surface area is 131 Å². The number of anilines is 1. The summed E-state index contributed by atoms with van der Waals surface area (Å²) in [5, 5.41) is 0. The van der Waals surface area contributed by atoms with Gasteiger partial charge in [-0.2, -0.15) is 0 Å². The maximum atomic E-state index is 14.3. The quantitative estimate of drug-likeness (QED) is 0.782. The van der Waals surface area contributed by atoms with E-state index in [1.54, 1.807) is 6.07 Å². The third kappa shape index (κ3) is 2.75. The van der Waals surface area contributed by atoms with Gasteiger partial charge in [0.1, 0.15) is 5.82 Å². The standard InChI is InChI=1S/C16H23BFNO3/c1-15(2)16(3,4)22-17(21-15)13-11-12(5-6-14(13)18)19-7-9-20-10-8-19/h5-6,11H,7-10H2,1-4H3. The normalized spacial score (nSPS) is 23.9. The van der Waals surface area contributed by atoms with E-state index >= 15 is 0 Å². The van der Waals surface area contributed by atoms with Crippen LogP contribution >= 0.6 is 0 Å². The van der Waals surface area contributed by atoms with Crippen LogP contribution in [0.15, 0.2) is 18.2 Å². The average molecular weight is 307 g/mol. The molecule has 2 fully saturated rings. The summed E-state index contributed by atoms with van der Waals surface area (Å²) >= 11 is 0. The molecule has 1 aromatic rings. The zero-order valence-corrected chi connectivity index (χ0v) is 13.7. The molecule has 0 saturated carbocycles. The van der Waals surface area contributed by atoms with Gasteiger partial charge in [0.15, 0.2) is 0 Å². The minimum absolute atomic E-state index is 0.296. The van der Waals surface area contributed by atoms with Crippen molar-refractivity contribution in [1.82, 2.24) is 0 Å². The van der Waals surface area contributed by atoms with E-state index in [9.17, 15) is 4.39 Å². The minimum atomic E-state index is -0.675. The van der Waals surface area contributed by atoms with Gasteiger partial charge in [-0.05, 0) is 45.9 Å². The molecule has 22 heavy (non-hydrogen) atoms. The third-order valence-electron chi connectivity index (χ3n) is 4.86. The SMILES string of the molecule is CC1(C)OB(c2cc(N3CCOCC3)ccc2F)OC1(C)C. The fraction of sp³-hybridized carbons (Fsp3) is 0.625. The molecule has 0 spiro atoms. The second-order valence-electron chi connectivity index (χ2n) is 6.89. The number of halogens is 1. The van der Waals surface area contributed by atoms with Crippen LogP contribution in [0.5, 0.6) is 0 Å². The van der Waals surface area contributed by atoms with Gasteiger partial charge in [0.2, 0.25) is 0 Å². The molecule has 0 aliphatic carbocycles. The van der Waals surface area contributed by atoms with Crippen LogP contribution in [0, 0.1) is 5.82 Å². The van der Waals surface area contributed by atoms with Gasteiger partial charge in [-0.25, -0.2) is 4.39 Å². The highest BCUT2D eigenvalue weighted by atomic mass is 19.1. The maximum absolute atomic E-state index is 14.3. The molecule has 0 atom stereocenters. The maximum Gasteiger partial charge on any atom is 0.497 e. The predicted molar refractivity (Wildman–Crippen MR) is 85.1 cm³/mol. The van der Waals surface area contributed by atoms with Gasteiger partial charge < -0.3 is 18.9 Å². The highest BCUT2D eigenvalue weighted by Crippen LogP contribution is 2.36. The van der Waals surface area contributed by atoms with E-state index in [1.807, 2.05) is 33.8 Å². The van der Waals surface area contributed by atoms with Crippen LogP contribution in [0.2, 0.25) is 0 Å². The van der Waals surface area contributed by atoms with Gasteiger partial charge in [-0.3, -0.25) is 0 Å². The van der Waals surface area contributed by atoms with Crippen LogP contribution in [-0.2, 0) is 14.0 Å². The van der Waals surface area contributed by atoms with E-state index < -0.39 is 18.3 Å². The van der Waals surface area contributed by atoms with Crippen molar-refractivity contribution in [2.24, 2.45) is 0 Å². The van der Waals surface area contributed by atoms with Crippen LogP contribution in [0.25, 0.3) is 0 Å². The number of benzene rings is 1. The molecule has 0 N–H and O–H groups in total. The van der Waals surface area contributed by atoms with Gasteiger partial charge in [0.05, 0.1) is 24.4 Å². The Bertz CT molecular complexity index is 542. The minimum Gasteiger partial charge on any atom is -0.399 e. The van der Waals surface area contributed by atoms with Gasteiger partial charge in [0, 0.05) is 24.2 Å². The molecule has 0 amide bonds. The molecule has 0 bridgehead atoms. The molecule has 0 radical (unpaired) electrons. The van der Waals surface area contributed by atoms with Gasteiger partial charge in [-0.15, -0.1) is 0 Å². The van der Waals surface area contributed by atoms with Crippen LogP contribution < -0.4 is 10.4 Å². The second kappa shape index (κ2) is 5.51. The van der Waals surface area contributed by atoms with Gasteiger partial charge in [-0.1, -0.05) is 0 Å². The first-order chi connectivity index (χ1) is 10.3. The summed E-state index contributed by atoms with van der Waals surface area (Å²) in [5.74, 6) is -0.296. The fourth-order valence-corrected chi connectivity index (χ4v) is 2.70. The Kier molecular flexibility index (Phi) is 3.95. The van der Waals surface area contributed by atoms with Crippen LogP contribution in [0.1, 0.15) is 27.7 Å². The Morgan fingerprint density at radius 2 is 1.64 bits per heavy atom. The van der Waals surface area contributed by atoms with E-state index in [2.05, 4.69) is 4.90 Å². The van der Waals surface area contributed by atoms with E-state index in [0.717, 1.165) is 18.8 Å². The zero-order valence-electron chi connectivity index (χ0n) is 13.7. The molecule has 120 valence electrons. The zero-order chi connectivity index (χ0) is 16.0. The lowest BCUT2D eigenvalue weighted by Crippen LogP contribution is -2.41. The third-order valence-corrected chi connectivity index (χ3v) is 4.86. The molecule has 2 saturated heterocycles.